The lowest BCUT2D eigenvalue weighted by molar-refractivity contribution is -0.162. The summed E-state index contributed by atoms with van der Waals surface area (Å²) >= 11 is 0. The molecule has 3 aliphatic rings. The van der Waals surface area contributed by atoms with Gasteiger partial charge >= 0.3 is 0 Å². The third-order valence-corrected chi connectivity index (χ3v) is 7.59. The minimum absolute atomic E-state index is 0.133. The average molecular weight is 517 g/mol. The summed E-state index contributed by atoms with van der Waals surface area (Å²) in [5.41, 5.74) is 5.92. The van der Waals surface area contributed by atoms with Crippen molar-refractivity contribution in [2.45, 2.75) is 30.6 Å². The Morgan fingerprint density at radius 1 is 1.16 bits per heavy atom. The number of ketones is 2. The van der Waals surface area contributed by atoms with Crippen LogP contribution in [0.4, 0.5) is 5.69 Å². The van der Waals surface area contributed by atoms with Crippen molar-refractivity contribution in [2.75, 3.05) is 26.0 Å². The molecule has 4 rings (SSSR count). The number of likely N-dealkylation sites (N-methyl/N-ethyl adjacent to an activating group) is 1. The highest BCUT2D eigenvalue weighted by Gasteiger charge is 2.67. The van der Waals surface area contributed by atoms with E-state index in [0.29, 0.717) is 0 Å². The highest BCUT2D eigenvalue weighted by molar-refractivity contribution is 6.25. The number of nitrogens with one attached hydrogen (secondary N) is 1. The predicted molar refractivity (Wildman–Crippen MR) is 127 cm³/mol. The number of carbonyl (C=O) groups excluding carboxylic acids is 4. The first-order chi connectivity index (χ1) is 17.2. The number of carbonyl (C=O) groups is 4. The van der Waals surface area contributed by atoms with Crippen LogP contribution in [0.25, 0.3) is 0 Å². The second-order valence-electron chi connectivity index (χ2n) is 9.73. The van der Waals surface area contributed by atoms with Crippen molar-refractivity contribution in [3.63, 3.8) is 0 Å². The monoisotopic (exact) mass is 516 g/mol. The van der Waals surface area contributed by atoms with Gasteiger partial charge in [0.05, 0.1) is 35.9 Å². The molecular formula is C24H28N4O9. The van der Waals surface area contributed by atoms with Crippen molar-refractivity contribution in [1.82, 2.24) is 4.90 Å². The number of hydrogen-bond acceptors (Lipinski definition) is 11. The Morgan fingerprint density at radius 2 is 1.78 bits per heavy atom. The molecule has 0 aliphatic heterocycles. The minimum atomic E-state index is -3.00. The van der Waals surface area contributed by atoms with E-state index in [0.717, 1.165) is 0 Å². The smallest absolute Gasteiger partial charge is 0.255 e. The molecule has 2 amide bonds. The van der Waals surface area contributed by atoms with Crippen LogP contribution in [0, 0.1) is 11.8 Å². The van der Waals surface area contributed by atoms with Gasteiger partial charge in [-0.25, -0.2) is 0 Å². The summed E-state index contributed by atoms with van der Waals surface area (Å²) in [6.07, 6.45) is -1.69. The molecule has 10 N–H and O–H groups in total. The molecule has 37 heavy (non-hydrogen) atoms. The number of fused-ring (bicyclic) bond motifs is 3. The number of nitrogens with two attached hydrogens (primary N) is 2. The molecule has 0 bridgehead atoms. The Morgan fingerprint density at radius 3 is 2.32 bits per heavy atom. The highest BCUT2D eigenvalue weighted by Crippen LogP contribution is 2.55. The predicted octanol–water partition coefficient (Wildman–Crippen LogP) is -1.45. The van der Waals surface area contributed by atoms with Gasteiger partial charge in [0.2, 0.25) is 11.7 Å². The Kier molecular flexibility index (Phi) is 6.15. The molecule has 0 saturated heterocycles. The lowest BCUT2D eigenvalue weighted by atomic mass is 9.55. The Bertz CT molecular complexity index is 1320. The molecule has 3 aliphatic carbocycles. The summed E-state index contributed by atoms with van der Waals surface area (Å²) in [5.74, 6) is -10.5. The number of hydrogen-bond donors (Lipinski definition) is 8. The maximum Gasteiger partial charge on any atom is 0.255 e. The summed E-state index contributed by atoms with van der Waals surface area (Å²) in [7, 11) is 2.91. The maximum absolute atomic E-state index is 13.7. The Labute approximate surface area is 210 Å². The van der Waals surface area contributed by atoms with E-state index in [1.807, 2.05) is 0 Å². The number of Topliss-reactive ketones (excluding diaryl/α,β-unsaturated/α-hetero) is 2. The van der Waals surface area contributed by atoms with E-state index in [4.69, 9.17) is 11.5 Å². The molecule has 0 heterocycles. The standard InChI is InChI=1S/C24H28N4O9/c1-7-8-4-5-9(27-10(29)6-25)17(30)12(8)18(31)13-11(7)19(32)15-16(28(2)3)20(33)14(23(26)36)22(35)24(15,37)21(13)34/h4-5,7,11,15-16,19,30,32-34,37H,6,25H2,1-3H3,(H2,26,36)(H,27,29)/t7?,11?,15?,16-,19?,24-/m0/s1. The molecule has 0 radical (unpaired) electrons. The zero-order chi connectivity index (χ0) is 27.7. The zero-order valence-corrected chi connectivity index (χ0v) is 20.2. The lowest BCUT2D eigenvalue weighted by Crippen LogP contribution is -2.68. The molecule has 13 heteroatoms. The number of primary amides is 1. The molecule has 0 aromatic heterocycles. The molecule has 6 atom stereocenters. The summed E-state index contributed by atoms with van der Waals surface area (Å²) < 4.78 is 0. The Balaban J connectivity index is 2.00. The van der Waals surface area contributed by atoms with Gasteiger partial charge in [0.25, 0.3) is 5.91 Å². The van der Waals surface area contributed by atoms with E-state index in [1.165, 1.54) is 31.1 Å². The van der Waals surface area contributed by atoms with Crippen LogP contribution in [0.1, 0.15) is 28.8 Å². The number of amides is 2. The van der Waals surface area contributed by atoms with Crippen LogP contribution < -0.4 is 16.8 Å². The first-order valence-corrected chi connectivity index (χ1v) is 11.4. The first kappa shape index (κ1) is 26.3. The van der Waals surface area contributed by atoms with E-state index in [1.54, 1.807) is 6.92 Å². The van der Waals surface area contributed by atoms with Crippen molar-refractivity contribution in [3.8, 4) is 5.75 Å². The van der Waals surface area contributed by atoms with Gasteiger partial charge in [-0.1, -0.05) is 13.0 Å². The number of aliphatic hydroxyl groups excluding tert-OH is 3. The van der Waals surface area contributed by atoms with Crippen molar-refractivity contribution in [3.05, 3.63) is 45.9 Å². The average Bonchev–Trinajstić information content (AvgIpc) is 2.82. The summed E-state index contributed by atoms with van der Waals surface area (Å²) in [4.78, 5) is 52.2. The van der Waals surface area contributed by atoms with Gasteiger partial charge in [0.1, 0.15) is 17.1 Å². The van der Waals surface area contributed by atoms with Crippen LogP contribution in [-0.2, 0) is 14.4 Å². The quantitative estimate of drug-likeness (QED) is 0.170. The fourth-order valence-corrected chi connectivity index (χ4v) is 5.92. The number of nitrogens with zero attached hydrogens (tertiary/aromatic N) is 1. The lowest BCUT2D eigenvalue weighted by Gasteiger charge is -2.53. The number of aromatic hydroxyl groups is 1. The largest absolute Gasteiger partial charge is 0.510 e. The SMILES string of the molecule is CC1c2ccc(NC(=O)CN)c(O)c2C(=O)C2=C(O)[C@]3(O)C(=O)C(C(N)=O)=C(O)[C@@H](N(C)C)C3C(O)C21. The molecule has 13 nitrogen and oxygen atoms in total. The van der Waals surface area contributed by atoms with Crippen LogP contribution in [0.15, 0.2) is 34.8 Å². The Hall–Kier alpha value is -3.78. The van der Waals surface area contributed by atoms with Crippen molar-refractivity contribution in [2.24, 2.45) is 23.3 Å². The van der Waals surface area contributed by atoms with Crippen LogP contribution >= 0.6 is 0 Å². The third-order valence-electron chi connectivity index (χ3n) is 7.59. The molecule has 4 unspecified atom stereocenters. The second-order valence-corrected chi connectivity index (χ2v) is 9.73. The maximum atomic E-state index is 13.7. The highest BCUT2D eigenvalue weighted by atomic mass is 16.4. The minimum Gasteiger partial charge on any atom is -0.510 e. The van der Waals surface area contributed by atoms with Gasteiger partial charge in [0.15, 0.2) is 17.1 Å². The number of phenols is 1. The molecule has 1 aromatic rings. The van der Waals surface area contributed by atoms with E-state index < -0.39 is 93.8 Å². The number of phenolic OH excluding ortho intramolecular Hbond substituents is 1. The zero-order valence-electron chi connectivity index (χ0n) is 20.2. The van der Waals surface area contributed by atoms with Gasteiger partial charge in [-0.05, 0) is 31.6 Å². The van der Waals surface area contributed by atoms with Crippen molar-refractivity contribution in [1.29, 1.82) is 0 Å². The molecule has 1 aromatic carbocycles. The van der Waals surface area contributed by atoms with Crippen molar-refractivity contribution >= 4 is 29.1 Å². The molecular weight excluding hydrogens is 488 g/mol. The van der Waals surface area contributed by atoms with Gasteiger partial charge in [-0.2, -0.15) is 0 Å². The second kappa shape index (κ2) is 8.66. The molecule has 0 spiro atoms. The van der Waals surface area contributed by atoms with Crippen LogP contribution in [0.5, 0.6) is 5.75 Å². The fraction of sp³-hybridized carbons (Fsp3) is 0.417. The van der Waals surface area contributed by atoms with Crippen LogP contribution in [-0.4, -0.2) is 92.2 Å². The number of rotatable bonds is 4. The van der Waals surface area contributed by atoms with Gasteiger partial charge in [-0.15, -0.1) is 0 Å². The van der Waals surface area contributed by atoms with Crippen LogP contribution in [0.3, 0.4) is 0 Å². The topological polar surface area (TPSA) is 237 Å². The summed E-state index contributed by atoms with van der Waals surface area (Å²) in [6.45, 7) is 1.21. The number of aliphatic hydroxyl groups is 4. The summed E-state index contributed by atoms with van der Waals surface area (Å²) in [5, 5.41) is 58.5. The number of benzene rings is 1. The van der Waals surface area contributed by atoms with E-state index >= 15 is 0 Å². The molecule has 0 fully saturated rings. The molecule has 198 valence electrons. The van der Waals surface area contributed by atoms with Gasteiger partial charge in [0, 0.05) is 11.5 Å². The normalized spacial score (nSPS) is 31.2. The fourth-order valence-electron chi connectivity index (χ4n) is 5.92. The number of anilines is 1. The van der Waals surface area contributed by atoms with Gasteiger partial charge < -0.3 is 42.3 Å². The van der Waals surface area contributed by atoms with E-state index in [2.05, 4.69) is 5.32 Å². The molecule has 0 saturated carbocycles. The van der Waals surface area contributed by atoms with E-state index in [9.17, 15) is 44.7 Å². The first-order valence-electron chi connectivity index (χ1n) is 11.4. The van der Waals surface area contributed by atoms with Crippen molar-refractivity contribution < 1.29 is 44.7 Å². The van der Waals surface area contributed by atoms with Crippen LogP contribution in [0.2, 0.25) is 0 Å². The van der Waals surface area contributed by atoms with E-state index in [-0.39, 0.29) is 16.8 Å². The van der Waals surface area contributed by atoms with Gasteiger partial charge in [-0.3, -0.25) is 24.1 Å². The third kappa shape index (κ3) is 3.39. The summed E-state index contributed by atoms with van der Waals surface area (Å²) in [6, 6.07) is 1.48.